The predicted octanol–water partition coefficient (Wildman–Crippen LogP) is 4.96. The Morgan fingerprint density at radius 1 is 1.10 bits per heavy atom. The van der Waals surface area contributed by atoms with Gasteiger partial charge in [0.25, 0.3) is 0 Å². The number of aromatic nitrogens is 1. The van der Waals surface area contributed by atoms with E-state index in [9.17, 15) is 9.90 Å². The van der Waals surface area contributed by atoms with Crippen LogP contribution in [-0.4, -0.2) is 16.0 Å². The fourth-order valence-corrected chi connectivity index (χ4v) is 4.71. The number of anilines is 1. The van der Waals surface area contributed by atoms with Crippen LogP contribution in [0.1, 0.15) is 52.6 Å². The fourth-order valence-electron chi connectivity index (χ4n) is 4.71. The summed E-state index contributed by atoms with van der Waals surface area (Å²) >= 11 is 0. The second kappa shape index (κ2) is 6.62. The van der Waals surface area contributed by atoms with E-state index in [1.165, 1.54) is 0 Å². The number of nitrogens with zero attached hydrogens (tertiary/aromatic N) is 1. The molecular weight excluding hydrogens is 364 g/mol. The average Bonchev–Trinajstić information content (AvgIpc) is 3.07. The van der Waals surface area contributed by atoms with Crippen LogP contribution in [0.2, 0.25) is 0 Å². The highest BCUT2D eigenvalue weighted by Crippen LogP contribution is 2.49. The lowest BCUT2D eigenvalue weighted by molar-refractivity contribution is -0.116. The van der Waals surface area contributed by atoms with Gasteiger partial charge in [0.1, 0.15) is 5.75 Å². The highest BCUT2D eigenvalue weighted by Gasteiger charge is 2.41. The molecule has 1 aliphatic heterocycles. The molecule has 0 bridgehead atoms. The number of hydrogen-bond donors (Lipinski definition) is 2. The van der Waals surface area contributed by atoms with Crippen LogP contribution in [0.15, 0.2) is 64.3 Å². The van der Waals surface area contributed by atoms with Crippen LogP contribution in [0.25, 0.3) is 0 Å². The first-order chi connectivity index (χ1) is 14.0. The zero-order valence-corrected chi connectivity index (χ0v) is 16.4. The quantitative estimate of drug-likeness (QED) is 0.651. The second-order valence-electron chi connectivity index (χ2n) is 7.96. The molecule has 5 heteroatoms. The molecule has 0 amide bonds. The molecule has 0 saturated carbocycles. The summed E-state index contributed by atoms with van der Waals surface area (Å²) < 4.78 is 5.56. The maximum Gasteiger partial charge on any atom is 0.233 e. The Morgan fingerprint density at radius 3 is 2.72 bits per heavy atom. The van der Waals surface area contributed by atoms with E-state index >= 15 is 0 Å². The molecule has 2 N–H and O–H groups in total. The molecule has 0 saturated heterocycles. The number of benzene rings is 2. The zero-order valence-electron chi connectivity index (χ0n) is 16.4. The minimum Gasteiger partial charge on any atom is -0.508 e. The number of hydrogen-bond acceptors (Lipinski definition) is 5. The van der Waals surface area contributed by atoms with Crippen LogP contribution in [0.5, 0.6) is 5.75 Å². The van der Waals surface area contributed by atoms with E-state index in [0.29, 0.717) is 18.7 Å². The topological polar surface area (TPSA) is 75.4 Å². The summed E-state index contributed by atoms with van der Waals surface area (Å²) in [4.78, 5) is 13.4. The van der Waals surface area contributed by atoms with Crippen molar-refractivity contribution in [2.45, 2.75) is 38.5 Å². The minimum atomic E-state index is -0.190. The first kappa shape index (κ1) is 17.7. The third-order valence-corrected chi connectivity index (χ3v) is 6.01. The smallest absolute Gasteiger partial charge is 0.233 e. The largest absolute Gasteiger partial charge is 0.508 e. The number of phenols is 1. The van der Waals surface area contributed by atoms with Gasteiger partial charge in [-0.2, -0.15) is 0 Å². The molecule has 1 aromatic heterocycles. The number of para-hydroxylation sites is 1. The number of ketones is 1. The number of aromatic hydroxyl groups is 1. The summed E-state index contributed by atoms with van der Waals surface area (Å²) in [5.74, 6) is 0.684. The molecule has 5 rings (SSSR count). The van der Waals surface area contributed by atoms with Gasteiger partial charge in [-0.05, 0) is 37.5 Å². The Kier molecular flexibility index (Phi) is 4.05. The molecule has 0 spiro atoms. The number of phenolic OH excluding ortho intramolecular Hbond substituents is 1. The van der Waals surface area contributed by atoms with Crippen molar-refractivity contribution >= 4 is 11.7 Å². The summed E-state index contributed by atoms with van der Waals surface area (Å²) in [6.07, 6.45) is 1.01. The average molecular weight is 386 g/mol. The van der Waals surface area contributed by atoms with E-state index in [-0.39, 0.29) is 23.4 Å². The van der Waals surface area contributed by atoms with Crippen molar-refractivity contribution in [3.63, 3.8) is 0 Å². The molecule has 2 heterocycles. The monoisotopic (exact) mass is 386 g/mol. The van der Waals surface area contributed by atoms with Crippen molar-refractivity contribution in [2.75, 3.05) is 5.32 Å². The number of Topliss-reactive ketones (excluding diaryl/α,β-unsaturated/α-hetero) is 1. The van der Waals surface area contributed by atoms with E-state index < -0.39 is 0 Å². The zero-order chi connectivity index (χ0) is 20.1. The van der Waals surface area contributed by atoms with Crippen molar-refractivity contribution in [2.24, 2.45) is 0 Å². The Hall–Kier alpha value is -3.34. The SMILES string of the molecule is Cc1cccc([C@H]2C3=C(C[C@H](c4ccccc4O)CC3=O)Nc3onc(C)c32)c1. The van der Waals surface area contributed by atoms with Gasteiger partial charge < -0.3 is 14.9 Å². The standard InChI is InChI=1S/C24H22N2O3/c1-13-6-5-7-15(10-13)22-21-14(2)26-29-24(21)25-18-11-16(12-20(28)23(18)22)17-8-3-4-9-19(17)27/h3-10,16,22,25,27H,11-12H2,1-2H3/t16-,22+/m0/s1. The molecule has 2 aromatic carbocycles. The molecule has 0 radical (unpaired) electrons. The number of rotatable bonds is 2. The van der Waals surface area contributed by atoms with E-state index in [2.05, 4.69) is 35.6 Å². The molecule has 146 valence electrons. The summed E-state index contributed by atoms with van der Waals surface area (Å²) in [6.45, 7) is 3.97. The van der Waals surface area contributed by atoms with Crippen LogP contribution in [0.3, 0.4) is 0 Å². The third kappa shape index (κ3) is 2.85. The number of carbonyl (C=O) groups excluding carboxylic acids is 1. The van der Waals surface area contributed by atoms with Gasteiger partial charge in [-0.1, -0.05) is 53.2 Å². The number of aryl methyl sites for hydroxylation is 2. The molecular formula is C24H22N2O3. The van der Waals surface area contributed by atoms with Crippen LogP contribution >= 0.6 is 0 Å². The molecule has 29 heavy (non-hydrogen) atoms. The van der Waals surface area contributed by atoms with Gasteiger partial charge in [-0.25, -0.2) is 0 Å². The maximum atomic E-state index is 13.4. The lowest BCUT2D eigenvalue weighted by atomic mass is 9.72. The van der Waals surface area contributed by atoms with Crippen LogP contribution < -0.4 is 5.32 Å². The lowest BCUT2D eigenvalue weighted by Gasteiger charge is -2.34. The van der Waals surface area contributed by atoms with E-state index in [1.807, 2.05) is 25.1 Å². The van der Waals surface area contributed by atoms with Gasteiger partial charge in [0, 0.05) is 29.5 Å². The normalized spacial score (nSPS) is 20.8. The first-order valence-electron chi connectivity index (χ1n) is 9.87. The van der Waals surface area contributed by atoms with Crippen molar-refractivity contribution in [1.82, 2.24) is 5.16 Å². The molecule has 5 nitrogen and oxygen atoms in total. The van der Waals surface area contributed by atoms with Gasteiger partial charge in [0.05, 0.1) is 11.3 Å². The van der Waals surface area contributed by atoms with Crippen molar-refractivity contribution < 1.29 is 14.4 Å². The maximum absolute atomic E-state index is 13.4. The molecule has 0 unspecified atom stereocenters. The van der Waals surface area contributed by atoms with Crippen LogP contribution in [0.4, 0.5) is 5.88 Å². The Labute approximate surface area is 169 Å². The molecule has 0 fully saturated rings. The Bertz CT molecular complexity index is 1160. The van der Waals surface area contributed by atoms with Crippen molar-refractivity contribution in [3.8, 4) is 5.75 Å². The van der Waals surface area contributed by atoms with E-state index in [0.717, 1.165) is 39.2 Å². The van der Waals surface area contributed by atoms with Gasteiger partial charge in [-0.15, -0.1) is 0 Å². The number of allylic oxidation sites excluding steroid dienone is 2. The van der Waals surface area contributed by atoms with Gasteiger partial charge in [0.15, 0.2) is 5.78 Å². The molecule has 3 aromatic rings. The van der Waals surface area contributed by atoms with Gasteiger partial charge in [0.2, 0.25) is 5.88 Å². The Morgan fingerprint density at radius 2 is 1.93 bits per heavy atom. The fraction of sp³-hybridized carbons (Fsp3) is 0.250. The minimum absolute atomic E-state index is 0.0707. The molecule has 2 atom stereocenters. The molecule has 1 aliphatic carbocycles. The highest BCUT2D eigenvalue weighted by atomic mass is 16.5. The summed E-state index contributed by atoms with van der Waals surface area (Å²) in [6, 6.07) is 15.5. The third-order valence-electron chi connectivity index (χ3n) is 6.01. The van der Waals surface area contributed by atoms with E-state index in [1.54, 1.807) is 12.1 Å². The Balaban J connectivity index is 1.64. The summed E-state index contributed by atoms with van der Waals surface area (Å²) in [5, 5.41) is 17.8. The number of carbonyl (C=O) groups is 1. The summed E-state index contributed by atoms with van der Waals surface area (Å²) in [5.41, 5.74) is 6.41. The number of nitrogens with one attached hydrogen (secondary N) is 1. The van der Waals surface area contributed by atoms with Gasteiger partial charge in [-0.3, -0.25) is 4.79 Å². The van der Waals surface area contributed by atoms with Crippen molar-refractivity contribution in [3.05, 3.63) is 87.7 Å². The van der Waals surface area contributed by atoms with E-state index in [4.69, 9.17) is 4.52 Å². The lowest BCUT2D eigenvalue weighted by Crippen LogP contribution is -2.29. The highest BCUT2D eigenvalue weighted by molar-refractivity contribution is 6.01. The first-order valence-corrected chi connectivity index (χ1v) is 9.87. The van der Waals surface area contributed by atoms with Gasteiger partial charge >= 0.3 is 0 Å². The van der Waals surface area contributed by atoms with Crippen LogP contribution in [-0.2, 0) is 4.79 Å². The van der Waals surface area contributed by atoms with Crippen molar-refractivity contribution in [1.29, 1.82) is 0 Å². The second-order valence-corrected chi connectivity index (χ2v) is 7.96. The van der Waals surface area contributed by atoms with Crippen LogP contribution in [0, 0.1) is 13.8 Å². The number of fused-ring (bicyclic) bond motifs is 1. The predicted molar refractivity (Wildman–Crippen MR) is 110 cm³/mol. The summed E-state index contributed by atoms with van der Waals surface area (Å²) in [7, 11) is 0. The molecule has 2 aliphatic rings.